The number of benzene rings is 1. The van der Waals surface area contributed by atoms with E-state index in [1.807, 2.05) is 22.8 Å². The molecule has 0 radical (unpaired) electrons. The van der Waals surface area contributed by atoms with Crippen LogP contribution in [-0.2, 0) is 6.54 Å². The standard InChI is InChI=1S/C25H35N7O/c1-18(2)21-17-28-32-23(21)29-25-30-24(32)27-16-20-8-4-5-9-22(20)33-13-7-3-6-11-31(25)12-10-19-14-26-15-19/h4-5,8-9,17-19,26H,3,6-7,10-16H2,1-2H3,(H,27,29,30). The molecule has 5 rings (SSSR count). The van der Waals surface area contributed by atoms with Crippen LogP contribution in [0.3, 0.4) is 0 Å². The van der Waals surface area contributed by atoms with Gasteiger partial charge in [0.15, 0.2) is 5.65 Å². The summed E-state index contributed by atoms with van der Waals surface area (Å²) in [5, 5.41) is 11.6. The summed E-state index contributed by atoms with van der Waals surface area (Å²) in [7, 11) is 0. The molecule has 0 amide bonds. The molecule has 0 atom stereocenters. The molecule has 33 heavy (non-hydrogen) atoms. The number of hydrogen-bond acceptors (Lipinski definition) is 7. The molecule has 1 fully saturated rings. The highest BCUT2D eigenvalue weighted by atomic mass is 16.5. The second kappa shape index (κ2) is 9.95. The van der Waals surface area contributed by atoms with Gasteiger partial charge in [-0.25, -0.2) is 0 Å². The van der Waals surface area contributed by atoms with Gasteiger partial charge in [-0.3, -0.25) is 0 Å². The minimum Gasteiger partial charge on any atom is -0.493 e. The molecule has 2 aromatic heterocycles. The van der Waals surface area contributed by atoms with Crippen LogP contribution in [0.15, 0.2) is 30.5 Å². The molecule has 4 heterocycles. The third-order valence-corrected chi connectivity index (χ3v) is 6.70. The van der Waals surface area contributed by atoms with Gasteiger partial charge in [-0.15, -0.1) is 0 Å². The first-order valence-electron chi connectivity index (χ1n) is 12.3. The molecule has 1 aromatic carbocycles. The summed E-state index contributed by atoms with van der Waals surface area (Å²) in [5.74, 6) is 3.56. The first kappa shape index (κ1) is 21.9. The first-order chi connectivity index (χ1) is 16.2. The third-order valence-electron chi connectivity index (χ3n) is 6.70. The Balaban J connectivity index is 1.52. The van der Waals surface area contributed by atoms with E-state index in [1.54, 1.807) is 0 Å². The number of nitrogens with one attached hydrogen (secondary N) is 2. The van der Waals surface area contributed by atoms with E-state index in [2.05, 4.69) is 46.6 Å². The predicted octanol–water partition coefficient (Wildman–Crippen LogP) is 3.84. The normalized spacial score (nSPS) is 17.7. The highest BCUT2D eigenvalue weighted by molar-refractivity contribution is 5.56. The molecule has 176 valence electrons. The zero-order valence-corrected chi connectivity index (χ0v) is 19.8. The quantitative estimate of drug-likeness (QED) is 0.626. The van der Waals surface area contributed by atoms with Crippen LogP contribution in [0.25, 0.3) is 5.65 Å². The highest BCUT2D eigenvalue weighted by Gasteiger charge is 2.22. The molecule has 3 aromatic rings. The van der Waals surface area contributed by atoms with E-state index in [9.17, 15) is 0 Å². The van der Waals surface area contributed by atoms with E-state index in [4.69, 9.17) is 14.7 Å². The number of ether oxygens (including phenoxy) is 1. The lowest BCUT2D eigenvalue weighted by atomic mass is 9.99. The van der Waals surface area contributed by atoms with Crippen molar-refractivity contribution in [3.05, 3.63) is 41.6 Å². The maximum absolute atomic E-state index is 6.12. The second-order valence-corrected chi connectivity index (χ2v) is 9.51. The first-order valence-corrected chi connectivity index (χ1v) is 12.3. The summed E-state index contributed by atoms with van der Waals surface area (Å²) in [5.41, 5.74) is 3.16. The van der Waals surface area contributed by atoms with Gasteiger partial charge in [0, 0.05) is 30.8 Å². The van der Waals surface area contributed by atoms with E-state index >= 15 is 0 Å². The molecular formula is C25H35N7O. The third kappa shape index (κ3) is 4.90. The van der Waals surface area contributed by atoms with Crippen molar-refractivity contribution in [3.8, 4) is 5.75 Å². The molecule has 0 spiro atoms. The van der Waals surface area contributed by atoms with Gasteiger partial charge in [-0.2, -0.15) is 19.6 Å². The maximum atomic E-state index is 6.12. The van der Waals surface area contributed by atoms with Crippen molar-refractivity contribution in [2.45, 2.75) is 52.0 Å². The van der Waals surface area contributed by atoms with Crippen LogP contribution in [0.2, 0.25) is 0 Å². The molecule has 2 aliphatic heterocycles. The van der Waals surface area contributed by atoms with Gasteiger partial charge in [0.2, 0.25) is 11.9 Å². The number of aromatic nitrogens is 4. The minimum absolute atomic E-state index is 0.340. The van der Waals surface area contributed by atoms with Gasteiger partial charge in [0.1, 0.15) is 5.75 Å². The Bertz CT molecular complexity index is 1080. The van der Waals surface area contributed by atoms with Crippen LogP contribution < -0.4 is 20.3 Å². The highest BCUT2D eigenvalue weighted by Crippen LogP contribution is 2.26. The number of fused-ring (bicyclic) bond motifs is 5. The number of anilines is 2. The summed E-state index contributed by atoms with van der Waals surface area (Å²) in [6.07, 6.45) is 6.37. The van der Waals surface area contributed by atoms with Crippen LogP contribution in [0.1, 0.15) is 56.6 Å². The molecule has 0 saturated carbocycles. The van der Waals surface area contributed by atoms with E-state index < -0.39 is 0 Å². The monoisotopic (exact) mass is 449 g/mol. The van der Waals surface area contributed by atoms with Gasteiger partial charge in [-0.05, 0) is 56.7 Å². The lowest BCUT2D eigenvalue weighted by molar-refractivity contribution is 0.302. The number of nitrogens with zero attached hydrogens (tertiary/aromatic N) is 5. The van der Waals surface area contributed by atoms with Crippen molar-refractivity contribution >= 4 is 17.5 Å². The van der Waals surface area contributed by atoms with Crippen LogP contribution in [0, 0.1) is 5.92 Å². The molecule has 8 nitrogen and oxygen atoms in total. The van der Waals surface area contributed by atoms with Crippen LogP contribution in [0.4, 0.5) is 11.9 Å². The second-order valence-electron chi connectivity index (χ2n) is 9.51. The van der Waals surface area contributed by atoms with Crippen LogP contribution in [0.5, 0.6) is 5.75 Å². The van der Waals surface area contributed by atoms with E-state index in [1.165, 1.54) is 0 Å². The van der Waals surface area contributed by atoms with Crippen molar-refractivity contribution in [3.63, 3.8) is 0 Å². The maximum Gasteiger partial charge on any atom is 0.230 e. The lowest BCUT2D eigenvalue weighted by Crippen LogP contribution is -2.44. The Kier molecular flexibility index (Phi) is 6.62. The molecule has 1 saturated heterocycles. The molecule has 8 heteroatoms. The number of hydrogen-bond donors (Lipinski definition) is 2. The Morgan fingerprint density at radius 3 is 2.82 bits per heavy atom. The van der Waals surface area contributed by atoms with Crippen LogP contribution >= 0.6 is 0 Å². The summed E-state index contributed by atoms with van der Waals surface area (Å²) in [6, 6.07) is 8.23. The SMILES string of the molecule is CC(C)c1cnn2c3nc(nc12)N(CCC1CNC1)CCCCCOc1ccccc1CN3. The fraction of sp³-hybridized carbons (Fsp3) is 0.560. The Hall–Kier alpha value is -2.87. The average molecular weight is 450 g/mol. The Morgan fingerprint density at radius 2 is 2.00 bits per heavy atom. The largest absolute Gasteiger partial charge is 0.493 e. The van der Waals surface area contributed by atoms with Gasteiger partial charge >= 0.3 is 0 Å². The molecule has 0 aliphatic carbocycles. The van der Waals surface area contributed by atoms with Crippen molar-refractivity contribution in [1.29, 1.82) is 0 Å². The number of para-hydroxylation sites is 1. The summed E-state index contributed by atoms with van der Waals surface area (Å²) in [4.78, 5) is 12.4. The van der Waals surface area contributed by atoms with Gasteiger partial charge in [0.25, 0.3) is 0 Å². The van der Waals surface area contributed by atoms with Crippen molar-refractivity contribution in [2.24, 2.45) is 5.92 Å². The topological polar surface area (TPSA) is 79.6 Å². The molecule has 0 unspecified atom stereocenters. The molecule has 2 aliphatic rings. The van der Waals surface area contributed by atoms with E-state index in [0.717, 1.165) is 98.8 Å². The van der Waals surface area contributed by atoms with Gasteiger partial charge in [0.05, 0.1) is 12.8 Å². The summed E-state index contributed by atoms with van der Waals surface area (Å²) in [6.45, 7) is 9.92. The average Bonchev–Trinajstić information content (AvgIpc) is 3.22. The van der Waals surface area contributed by atoms with Crippen molar-refractivity contribution in [2.75, 3.05) is 43.0 Å². The predicted molar refractivity (Wildman–Crippen MR) is 131 cm³/mol. The zero-order valence-electron chi connectivity index (χ0n) is 19.8. The number of rotatable bonds is 4. The van der Waals surface area contributed by atoms with Crippen molar-refractivity contribution in [1.82, 2.24) is 24.9 Å². The fourth-order valence-corrected chi connectivity index (χ4v) is 4.48. The Labute approximate surface area is 195 Å². The van der Waals surface area contributed by atoms with Gasteiger partial charge < -0.3 is 20.3 Å². The van der Waals surface area contributed by atoms with Gasteiger partial charge in [-0.1, -0.05) is 32.0 Å². The smallest absolute Gasteiger partial charge is 0.230 e. The van der Waals surface area contributed by atoms with E-state index in [-0.39, 0.29) is 0 Å². The van der Waals surface area contributed by atoms with Crippen molar-refractivity contribution < 1.29 is 4.74 Å². The zero-order chi connectivity index (χ0) is 22.6. The lowest BCUT2D eigenvalue weighted by Gasteiger charge is -2.30. The molecule has 2 N–H and O–H groups in total. The van der Waals surface area contributed by atoms with Crippen LogP contribution in [-0.4, -0.2) is 52.4 Å². The van der Waals surface area contributed by atoms with E-state index in [0.29, 0.717) is 12.5 Å². The molecule has 2 bridgehead atoms. The fourth-order valence-electron chi connectivity index (χ4n) is 4.48. The molecular weight excluding hydrogens is 414 g/mol. The Morgan fingerprint density at radius 1 is 1.12 bits per heavy atom. The summed E-state index contributed by atoms with van der Waals surface area (Å²) >= 11 is 0. The summed E-state index contributed by atoms with van der Waals surface area (Å²) < 4.78 is 7.97. The minimum atomic E-state index is 0.340.